The van der Waals surface area contributed by atoms with E-state index in [1.54, 1.807) is 30.6 Å². The normalized spacial score (nSPS) is 21.7. The third-order valence-electron chi connectivity index (χ3n) is 4.04. The van der Waals surface area contributed by atoms with E-state index in [1.807, 2.05) is 4.68 Å². The van der Waals surface area contributed by atoms with Crippen LogP contribution in [0.1, 0.15) is 12.2 Å². The van der Waals surface area contributed by atoms with Crippen molar-refractivity contribution in [2.75, 3.05) is 11.9 Å². The van der Waals surface area contributed by atoms with Crippen LogP contribution in [-0.4, -0.2) is 41.6 Å². The van der Waals surface area contributed by atoms with Crippen molar-refractivity contribution in [2.24, 2.45) is 4.40 Å². The van der Waals surface area contributed by atoms with Crippen LogP contribution in [0.2, 0.25) is 0 Å². The van der Waals surface area contributed by atoms with Crippen molar-refractivity contribution >= 4 is 21.5 Å². The van der Waals surface area contributed by atoms with Gasteiger partial charge in [0.25, 0.3) is 10.0 Å². The van der Waals surface area contributed by atoms with Crippen molar-refractivity contribution in [2.45, 2.75) is 30.3 Å². The summed E-state index contributed by atoms with van der Waals surface area (Å²) in [6, 6.07) is 7.00. The maximum atomic E-state index is 12.2. The highest BCUT2D eigenvalue weighted by Crippen LogP contribution is 2.26. The van der Waals surface area contributed by atoms with Gasteiger partial charge < -0.3 is 10.6 Å². The summed E-state index contributed by atoms with van der Waals surface area (Å²) in [6.45, 7) is 1.09. The molecule has 23 heavy (non-hydrogen) atoms. The Hall–Kier alpha value is -2.26. The number of sulfonamides is 1. The number of anilines is 1. The van der Waals surface area contributed by atoms with Crippen LogP contribution in [0.4, 0.5) is 5.69 Å². The summed E-state index contributed by atoms with van der Waals surface area (Å²) in [5, 5.41) is 10.6. The second-order valence-electron chi connectivity index (χ2n) is 5.61. The first-order valence-corrected chi connectivity index (χ1v) is 8.86. The number of fused-ring (bicyclic) bond motifs is 2. The van der Waals surface area contributed by atoms with Gasteiger partial charge in [-0.05, 0) is 18.6 Å². The Morgan fingerprint density at radius 2 is 2.22 bits per heavy atom. The molecule has 3 heterocycles. The fourth-order valence-electron chi connectivity index (χ4n) is 2.89. The molecule has 0 fully saturated rings. The summed E-state index contributed by atoms with van der Waals surface area (Å²) in [7, 11) is -3.63. The standard InChI is InChI=1S/C14H16N6O2S/c21-23(22)12-4-2-1-3-11(12)18-13(19-23)7-15-10-5-6-14-16-9-17-20(14)8-10/h1-4,9-10,15H,5-8H2,(H,18,19)/t10-/m0/s1. The van der Waals surface area contributed by atoms with Gasteiger partial charge in [-0.3, -0.25) is 0 Å². The first-order chi connectivity index (χ1) is 11.1. The third kappa shape index (κ3) is 2.73. The molecule has 8 nitrogen and oxygen atoms in total. The molecule has 0 radical (unpaired) electrons. The van der Waals surface area contributed by atoms with Crippen molar-refractivity contribution in [1.29, 1.82) is 0 Å². The molecule has 120 valence electrons. The van der Waals surface area contributed by atoms with Crippen molar-refractivity contribution in [3.8, 4) is 0 Å². The van der Waals surface area contributed by atoms with Crippen LogP contribution in [-0.2, 0) is 23.0 Å². The average Bonchev–Trinajstić information content (AvgIpc) is 3.00. The van der Waals surface area contributed by atoms with E-state index >= 15 is 0 Å². The van der Waals surface area contributed by atoms with Gasteiger partial charge in [-0.1, -0.05) is 12.1 Å². The fourth-order valence-corrected chi connectivity index (χ4v) is 4.04. The molecule has 9 heteroatoms. The first kappa shape index (κ1) is 14.3. The molecule has 0 bridgehead atoms. The molecule has 0 spiro atoms. The van der Waals surface area contributed by atoms with Gasteiger partial charge in [-0.25, -0.2) is 9.67 Å². The van der Waals surface area contributed by atoms with E-state index in [1.165, 1.54) is 0 Å². The molecule has 4 rings (SSSR count). The number of para-hydroxylation sites is 1. The lowest BCUT2D eigenvalue weighted by atomic mass is 10.1. The fraction of sp³-hybridized carbons (Fsp3) is 0.357. The van der Waals surface area contributed by atoms with Gasteiger partial charge in [0, 0.05) is 12.5 Å². The molecule has 2 aromatic rings. The van der Waals surface area contributed by atoms with Gasteiger partial charge in [-0.15, -0.1) is 4.40 Å². The highest BCUT2D eigenvalue weighted by atomic mass is 32.2. The van der Waals surface area contributed by atoms with Crippen LogP contribution in [0.15, 0.2) is 39.9 Å². The van der Waals surface area contributed by atoms with Crippen LogP contribution in [0.5, 0.6) is 0 Å². The Kier molecular flexibility index (Phi) is 3.38. The molecule has 2 aliphatic heterocycles. The number of hydrogen-bond donors (Lipinski definition) is 2. The van der Waals surface area contributed by atoms with E-state index < -0.39 is 10.0 Å². The number of aromatic nitrogens is 3. The lowest BCUT2D eigenvalue weighted by Gasteiger charge is -2.25. The summed E-state index contributed by atoms with van der Waals surface area (Å²) in [4.78, 5) is 4.41. The number of nitrogens with zero attached hydrogens (tertiary/aromatic N) is 4. The van der Waals surface area contributed by atoms with E-state index in [9.17, 15) is 8.42 Å². The highest BCUT2D eigenvalue weighted by molar-refractivity contribution is 7.90. The van der Waals surface area contributed by atoms with Crippen LogP contribution >= 0.6 is 0 Å². The van der Waals surface area contributed by atoms with Gasteiger partial charge in [0.15, 0.2) is 0 Å². The Balaban J connectivity index is 1.46. The molecular weight excluding hydrogens is 316 g/mol. The summed E-state index contributed by atoms with van der Waals surface area (Å²) in [5.74, 6) is 1.40. The third-order valence-corrected chi connectivity index (χ3v) is 5.41. The topological polar surface area (TPSA) is 101 Å². The zero-order valence-corrected chi connectivity index (χ0v) is 13.1. The molecule has 0 unspecified atom stereocenters. The maximum absolute atomic E-state index is 12.2. The minimum absolute atomic E-state index is 0.216. The molecule has 0 aliphatic carbocycles. The number of nitrogens with one attached hydrogen (secondary N) is 2. The minimum atomic E-state index is -3.63. The molecule has 1 aromatic carbocycles. The monoisotopic (exact) mass is 332 g/mol. The largest absolute Gasteiger partial charge is 0.341 e. The van der Waals surface area contributed by atoms with Gasteiger partial charge in [0.1, 0.15) is 22.9 Å². The summed E-state index contributed by atoms with van der Waals surface area (Å²) in [6.07, 6.45) is 3.36. The van der Waals surface area contributed by atoms with Crippen molar-refractivity contribution < 1.29 is 8.42 Å². The molecular formula is C14H16N6O2S. The smallest absolute Gasteiger partial charge is 0.286 e. The average molecular weight is 332 g/mol. The molecule has 0 amide bonds. The van der Waals surface area contributed by atoms with Crippen molar-refractivity contribution in [3.05, 3.63) is 36.4 Å². The summed E-state index contributed by atoms with van der Waals surface area (Å²) in [5.41, 5.74) is 0.571. The number of benzene rings is 1. The van der Waals surface area contributed by atoms with Gasteiger partial charge in [0.2, 0.25) is 0 Å². The van der Waals surface area contributed by atoms with Crippen molar-refractivity contribution in [1.82, 2.24) is 20.1 Å². The van der Waals surface area contributed by atoms with E-state index in [4.69, 9.17) is 0 Å². The number of hydrogen-bond acceptors (Lipinski definition) is 6. The van der Waals surface area contributed by atoms with E-state index in [2.05, 4.69) is 25.1 Å². The number of aryl methyl sites for hydroxylation is 1. The van der Waals surface area contributed by atoms with E-state index in [0.29, 0.717) is 18.1 Å². The SMILES string of the molecule is O=S1(=O)N=C(CN[C@H]2CCc3ncnn3C2)Nc2ccccc21. The Labute approximate surface area is 133 Å². The Bertz CT molecular complexity index is 873. The van der Waals surface area contributed by atoms with Crippen LogP contribution in [0.3, 0.4) is 0 Å². The highest BCUT2D eigenvalue weighted by Gasteiger charge is 2.25. The molecule has 2 N–H and O–H groups in total. The molecule has 1 aromatic heterocycles. The lowest BCUT2D eigenvalue weighted by Crippen LogP contribution is -2.42. The summed E-state index contributed by atoms with van der Waals surface area (Å²) >= 11 is 0. The number of amidine groups is 1. The molecule has 0 saturated carbocycles. The van der Waals surface area contributed by atoms with Gasteiger partial charge >= 0.3 is 0 Å². The molecule has 1 atom stereocenters. The Morgan fingerprint density at radius 3 is 3.13 bits per heavy atom. The maximum Gasteiger partial charge on any atom is 0.286 e. The second-order valence-corrected chi connectivity index (χ2v) is 7.18. The minimum Gasteiger partial charge on any atom is -0.341 e. The summed E-state index contributed by atoms with van der Waals surface area (Å²) < 4.78 is 30.1. The quantitative estimate of drug-likeness (QED) is 0.843. The lowest BCUT2D eigenvalue weighted by molar-refractivity contribution is 0.372. The van der Waals surface area contributed by atoms with Crippen molar-refractivity contribution in [3.63, 3.8) is 0 Å². The van der Waals surface area contributed by atoms with E-state index in [0.717, 1.165) is 25.2 Å². The van der Waals surface area contributed by atoms with Crippen LogP contribution in [0.25, 0.3) is 0 Å². The molecule has 2 aliphatic rings. The first-order valence-electron chi connectivity index (χ1n) is 7.42. The second kappa shape index (κ2) is 5.43. The molecule has 0 saturated heterocycles. The van der Waals surface area contributed by atoms with Crippen LogP contribution < -0.4 is 10.6 Å². The van der Waals surface area contributed by atoms with Gasteiger partial charge in [-0.2, -0.15) is 13.5 Å². The van der Waals surface area contributed by atoms with E-state index in [-0.39, 0.29) is 10.9 Å². The van der Waals surface area contributed by atoms with Gasteiger partial charge in [0.05, 0.1) is 18.8 Å². The predicted octanol–water partition coefficient (Wildman–Crippen LogP) is 0.395. The zero-order chi connectivity index (χ0) is 15.9. The zero-order valence-electron chi connectivity index (χ0n) is 12.3. The Morgan fingerprint density at radius 1 is 1.35 bits per heavy atom. The number of rotatable bonds is 3. The predicted molar refractivity (Wildman–Crippen MR) is 84.8 cm³/mol. The van der Waals surface area contributed by atoms with Crippen LogP contribution in [0, 0.1) is 0 Å².